The fraction of sp³-hybridized carbons (Fsp3) is 0.250. The molecule has 2 N–H and O–H groups in total. The molecule has 1 nitrogen and oxygen atoms in total. The number of halogens is 4. The zero-order valence-electron chi connectivity index (χ0n) is 6.53. The summed E-state index contributed by atoms with van der Waals surface area (Å²) >= 11 is 2.83. The van der Waals surface area contributed by atoms with Crippen molar-refractivity contribution in [2.24, 2.45) is 5.73 Å². The van der Waals surface area contributed by atoms with Crippen molar-refractivity contribution >= 4 is 15.9 Å². The van der Waals surface area contributed by atoms with Crippen LogP contribution in [-0.4, -0.2) is 6.54 Å². The van der Waals surface area contributed by atoms with E-state index < -0.39 is 29.9 Å². The zero-order chi connectivity index (χ0) is 10.0. The molecular formula is C8H7BrF3N. The molecule has 0 aliphatic carbocycles. The van der Waals surface area contributed by atoms with Gasteiger partial charge in [0.05, 0.1) is 10.0 Å². The first-order valence-electron chi connectivity index (χ1n) is 3.55. The van der Waals surface area contributed by atoms with Gasteiger partial charge in [-0.25, -0.2) is 13.2 Å². The summed E-state index contributed by atoms with van der Waals surface area (Å²) in [6.45, 7) is -0.440. The molecule has 13 heavy (non-hydrogen) atoms. The summed E-state index contributed by atoms with van der Waals surface area (Å²) in [6, 6.07) is 2.17. The molecule has 0 aliphatic rings. The molecule has 1 rings (SSSR count). The van der Waals surface area contributed by atoms with Gasteiger partial charge in [0.15, 0.2) is 0 Å². The van der Waals surface area contributed by atoms with Crippen molar-refractivity contribution in [1.82, 2.24) is 0 Å². The smallest absolute Gasteiger partial charge is 0.146 e. The van der Waals surface area contributed by atoms with E-state index in [1.165, 1.54) is 6.07 Å². The fourth-order valence-corrected chi connectivity index (χ4v) is 1.29. The highest BCUT2D eigenvalue weighted by Crippen LogP contribution is 2.27. The molecule has 0 amide bonds. The highest BCUT2D eigenvalue weighted by atomic mass is 79.9. The number of alkyl halides is 1. The molecule has 0 aromatic heterocycles. The Bertz CT molecular complexity index is 317. The summed E-state index contributed by atoms with van der Waals surface area (Å²) in [5.41, 5.74) is 4.35. The van der Waals surface area contributed by atoms with Crippen LogP contribution in [0.25, 0.3) is 0 Å². The number of hydrogen-bond donors (Lipinski definition) is 1. The molecule has 5 heteroatoms. The monoisotopic (exact) mass is 253 g/mol. The van der Waals surface area contributed by atoms with E-state index in [0.717, 1.165) is 6.07 Å². The predicted molar refractivity (Wildman–Crippen MR) is 47.0 cm³/mol. The topological polar surface area (TPSA) is 26.0 Å². The molecule has 0 heterocycles. The standard InChI is InChI=1S/C8H7BrF3N/c9-4-1-2-5(10)7(8(4)12)6(11)3-13/h1-2,6H,3,13H2. The van der Waals surface area contributed by atoms with Gasteiger partial charge in [0.25, 0.3) is 0 Å². The quantitative estimate of drug-likeness (QED) is 0.807. The van der Waals surface area contributed by atoms with Crippen LogP contribution in [0.1, 0.15) is 11.7 Å². The third-order valence-corrected chi connectivity index (χ3v) is 2.21. The fourth-order valence-electron chi connectivity index (χ4n) is 0.948. The molecular weight excluding hydrogens is 247 g/mol. The Morgan fingerprint density at radius 1 is 1.38 bits per heavy atom. The SMILES string of the molecule is NCC(F)c1c(F)ccc(Br)c1F. The molecule has 0 fully saturated rings. The third kappa shape index (κ3) is 2.03. The van der Waals surface area contributed by atoms with Gasteiger partial charge in [-0.3, -0.25) is 0 Å². The van der Waals surface area contributed by atoms with Crippen molar-refractivity contribution in [2.75, 3.05) is 6.54 Å². The number of benzene rings is 1. The minimum Gasteiger partial charge on any atom is -0.327 e. The average Bonchev–Trinajstić information content (AvgIpc) is 2.12. The van der Waals surface area contributed by atoms with E-state index in [4.69, 9.17) is 5.73 Å². The lowest BCUT2D eigenvalue weighted by molar-refractivity contribution is 0.328. The van der Waals surface area contributed by atoms with E-state index in [2.05, 4.69) is 15.9 Å². The maximum absolute atomic E-state index is 13.1. The predicted octanol–water partition coefficient (Wildman–Crippen LogP) is 2.70. The van der Waals surface area contributed by atoms with E-state index in [1.54, 1.807) is 0 Å². The lowest BCUT2D eigenvalue weighted by Gasteiger charge is -2.08. The molecule has 0 bridgehead atoms. The lowest BCUT2D eigenvalue weighted by Crippen LogP contribution is -2.11. The first-order chi connectivity index (χ1) is 6.07. The van der Waals surface area contributed by atoms with Crippen molar-refractivity contribution in [3.05, 3.63) is 33.8 Å². The van der Waals surface area contributed by atoms with Crippen molar-refractivity contribution in [2.45, 2.75) is 6.17 Å². The van der Waals surface area contributed by atoms with Crippen LogP contribution >= 0.6 is 15.9 Å². The Kier molecular flexibility index (Phi) is 3.33. The van der Waals surface area contributed by atoms with Crippen LogP contribution in [0.4, 0.5) is 13.2 Å². The Morgan fingerprint density at radius 2 is 2.00 bits per heavy atom. The number of rotatable bonds is 2. The van der Waals surface area contributed by atoms with E-state index in [9.17, 15) is 13.2 Å². The molecule has 0 saturated heterocycles. The summed E-state index contributed by atoms with van der Waals surface area (Å²) in [7, 11) is 0. The van der Waals surface area contributed by atoms with Crippen LogP contribution in [0.3, 0.4) is 0 Å². The van der Waals surface area contributed by atoms with Crippen LogP contribution in [0.2, 0.25) is 0 Å². The Morgan fingerprint density at radius 3 is 2.54 bits per heavy atom. The van der Waals surface area contributed by atoms with Crippen molar-refractivity contribution in [1.29, 1.82) is 0 Å². The Labute approximate surface area is 81.9 Å². The van der Waals surface area contributed by atoms with Crippen molar-refractivity contribution in [3.8, 4) is 0 Å². The van der Waals surface area contributed by atoms with Gasteiger partial charge in [-0.1, -0.05) is 0 Å². The third-order valence-electron chi connectivity index (χ3n) is 1.60. The highest BCUT2D eigenvalue weighted by molar-refractivity contribution is 9.10. The van der Waals surface area contributed by atoms with E-state index in [1.807, 2.05) is 0 Å². The van der Waals surface area contributed by atoms with E-state index in [0.29, 0.717) is 0 Å². The Hall–Kier alpha value is -0.550. The second kappa shape index (κ2) is 4.11. The molecule has 0 spiro atoms. The largest absolute Gasteiger partial charge is 0.327 e. The van der Waals surface area contributed by atoms with E-state index >= 15 is 0 Å². The van der Waals surface area contributed by atoms with Gasteiger partial charge in [-0.05, 0) is 28.1 Å². The molecule has 0 aliphatic heterocycles. The Balaban J connectivity index is 3.25. The molecule has 1 aromatic carbocycles. The van der Waals surface area contributed by atoms with Gasteiger partial charge in [0, 0.05) is 6.54 Å². The molecule has 1 aromatic rings. The average molecular weight is 254 g/mol. The van der Waals surface area contributed by atoms with E-state index in [-0.39, 0.29) is 4.47 Å². The molecule has 72 valence electrons. The minimum absolute atomic E-state index is 0.0278. The van der Waals surface area contributed by atoms with Crippen LogP contribution in [-0.2, 0) is 0 Å². The van der Waals surface area contributed by atoms with Gasteiger partial charge in [0.2, 0.25) is 0 Å². The summed E-state index contributed by atoms with van der Waals surface area (Å²) in [5.74, 6) is -1.85. The summed E-state index contributed by atoms with van der Waals surface area (Å²) in [6.07, 6.45) is -1.81. The molecule has 0 saturated carbocycles. The van der Waals surface area contributed by atoms with Crippen LogP contribution in [0.5, 0.6) is 0 Å². The van der Waals surface area contributed by atoms with Gasteiger partial charge in [-0.15, -0.1) is 0 Å². The zero-order valence-corrected chi connectivity index (χ0v) is 8.11. The molecule has 0 radical (unpaired) electrons. The second-order valence-electron chi connectivity index (χ2n) is 2.46. The molecule has 1 atom stereocenters. The van der Waals surface area contributed by atoms with Gasteiger partial charge >= 0.3 is 0 Å². The molecule has 1 unspecified atom stereocenters. The van der Waals surface area contributed by atoms with Crippen molar-refractivity contribution in [3.63, 3.8) is 0 Å². The van der Waals surface area contributed by atoms with Gasteiger partial charge in [-0.2, -0.15) is 0 Å². The van der Waals surface area contributed by atoms with Gasteiger partial charge < -0.3 is 5.73 Å². The first-order valence-corrected chi connectivity index (χ1v) is 4.34. The normalized spacial score (nSPS) is 13.0. The first kappa shape index (κ1) is 10.5. The number of hydrogen-bond acceptors (Lipinski definition) is 1. The van der Waals surface area contributed by atoms with Gasteiger partial charge in [0.1, 0.15) is 17.8 Å². The maximum Gasteiger partial charge on any atom is 0.146 e. The maximum atomic E-state index is 13.1. The van der Waals surface area contributed by atoms with Crippen LogP contribution in [0.15, 0.2) is 16.6 Å². The van der Waals surface area contributed by atoms with Crippen LogP contribution < -0.4 is 5.73 Å². The summed E-state index contributed by atoms with van der Waals surface area (Å²) in [4.78, 5) is 0. The minimum atomic E-state index is -1.81. The summed E-state index contributed by atoms with van der Waals surface area (Å²) in [5, 5.41) is 0. The number of nitrogens with two attached hydrogens (primary N) is 1. The highest BCUT2D eigenvalue weighted by Gasteiger charge is 2.20. The second-order valence-corrected chi connectivity index (χ2v) is 3.31. The summed E-state index contributed by atoms with van der Waals surface area (Å²) < 4.78 is 39.0. The van der Waals surface area contributed by atoms with Crippen molar-refractivity contribution < 1.29 is 13.2 Å². The van der Waals surface area contributed by atoms with Crippen LogP contribution in [0, 0.1) is 11.6 Å². The lowest BCUT2D eigenvalue weighted by atomic mass is 10.1.